The zero-order valence-electron chi connectivity index (χ0n) is 5.95. The molecule has 0 aromatic rings. The van der Waals surface area contributed by atoms with Crippen LogP contribution in [0.2, 0.25) is 19.1 Å². The Morgan fingerprint density at radius 3 is 2.12 bits per heavy atom. The summed E-state index contributed by atoms with van der Waals surface area (Å²) >= 11 is 5.62. The van der Waals surface area contributed by atoms with Crippen molar-refractivity contribution in [2.24, 2.45) is 5.92 Å². The highest BCUT2D eigenvalue weighted by atomic mass is 35.5. The molecule has 0 amide bonds. The zero-order chi connectivity index (χ0) is 6.57. The summed E-state index contributed by atoms with van der Waals surface area (Å²) in [7, 11) is -0.330. The van der Waals surface area contributed by atoms with Crippen molar-refractivity contribution in [3.05, 3.63) is 0 Å². The van der Waals surface area contributed by atoms with Crippen LogP contribution in [0.5, 0.6) is 0 Å². The molecule has 0 heterocycles. The molecule has 0 aliphatic heterocycles. The van der Waals surface area contributed by atoms with E-state index in [9.17, 15) is 0 Å². The first-order chi connectivity index (χ1) is 3.66. The van der Waals surface area contributed by atoms with Gasteiger partial charge in [0.25, 0.3) is 0 Å². The maximum absolute atomic E-state index is 5.62. The van der Waals surface area contributed by atoms with Crippen LogP contribution >= 0.6 is 11.6 Å². The molecule has 0 bridgehead atoms. The lowest BCUT2D eigenvalue weighted by atomic mass is 10.3. The highest BCUT2D eigenvalue weighted by molar-refractivity contribution is 6.55. The topological polar surface area (TPSA) is 0 Å². The molecule has 50 valence electrons. The fraction of sp³-hybridized carbons (Fsp3) is 1.00. The second kappa shape index (κ2) is 4.39. The predicted octanol–water partition coefficient (Wildman–Crippen LogP) is 2.35. The Labute approximate surface area is 58.8 Å². The van der Waals surface area contributed by atoms with Crippen LogP contribution in [0.3, 0.4) is 0 Å². The third-order valence-electron chi connectivity index (χ3n) is 1.14. The molecule has 1 unspecified atom stereocenters. The van der Waals surface area contributed by atoms with E-state index in [1.807, 2.05) is 0 Å². The highest BCUT2D eigenvalue weighted by Crippen LogP contribution is 2.07. The van der Waals surface area contributed by atoms with Crippen molar-refractivity contribution in [2.45, 2.75) is 26.1 Å². The van der Waals surface area contributed by atoms with Crippen molar-refractivity contribution in [2.75, 3.05) is 5.88 Å². The Balaban J connectivity index is 3.10. The summed E-state index contributed by atoms with van der Waals surface area (Å²) < 4.78 is 0. The molecule has 0 aromatic carbocycles. The second-order valence-electron chi connectivity index (χ2n) is 2.89. The van der Waals surface area contributed by atoms with Crippen LogP contribution in [0.25, 0.3) is 0 Å². The van der Waals surface area contributed by atoms with E-state index < -0.39 is 0 Å². The van der Waals surface area contributed by atoms with Gasteiger partial charge in [0, 0.05) is 14.7 Å². The summed E-state index contributed by atoms with van der Waals surface area (Å²) in [6.07, 6.45) is 0. The Bertz CT molecular complexity index is 54.5. The van der Waals surface area contributed by atoms with Crippen LogP contribution < -0.4 is 0 Å². The molecule has 0 aliphatic rings. The van der Waals surface area contributed by atoms with Gasteiger partial charge in [-0.25, -0.2) is 0 Å². The van der Waals surface area contributed by atoms with Gasteiger partial charge in [-0.1, -0.05) is 26.1 Å². The van der Waals surface area contributed by atoms with Crippen LogP contribution in [0.4, 0.5) is 0 Å². The van der Waals surface area contributed by atoms with Crippen LogP contribution in [0.15, 0.2) is 0 Å². The molecule has 2 heteroatoms. The molecular weight excluding hydrogens is 136 g/mol. The van der Waals surface area contributed by atoms with Crippen molar-refractivity contribution in [3.8, 4) is 0 Å². The quantitative estimate of drug-likeness (QED) is 0.428. The third-order valence-corrected chi connectivity index (χ3v) is 3.41. The molecule has 0 saturated heterocycles. The summed E-state index contributed by atoms with van der Waals surface area (Å²) in [4.78, 5) is 0. The van der Waals surface area contributed by atoms with E-state index in [4.69, 9.17) is 11.6 Å². The van der Waals surface area contributed by atoms with Crippen molar-refractivity contribution in [1.82, 2.24) is 0 Å². The van der Waals surface area contributed by atoms with Gasteiger partial charge in [0.05, 0.1) is 0 Å². The Morgan fingerprint density at radius 1 is 1.50 bits per heavy atom. The van der Waals surface area contributed by atoms with E-state index in [2.05, 4.69) is 20.0 Å². The van der Waals surface area contributed by atoms with Crippen molar-refractivity contribution >= 4 is 20.4 Å². The molecule has 0 rings (SSSR count). The van der Waals surface area contributed by atoms with Crippen LogP contribution in [0, 0.1) is 5.92 Å². The number of hydrogen-bond acceptors (Lipinski definition) is 0. The lowest BCUT2D eigenvalue weighted by Gasteiger charge is -2.07. The van der Waals surface area contributed by atoms with Gasteiger partial charge in [0.15, 0.2) is 0 Å². The number of halogens is 1. The molecule has 0 N–H and O–H groups in total. The summed E-state index contributed by atoms with van der Waals surface area (Å²) in [5.74, 6) is 1.59. The first kappa shape index (κ1) is 8.51. The molecule has 0 saturated carbocycles. The molecule has 8 heavy (non-hydrogen) atoms. The summed E-state index contributed by atoms with van der Waals surface area (Å²) in [6.45, 7) is 6.95. The summed E-state index contributed by atoms with van der Waals surface area (Å²) in [5, 5.41) is 0. The van der Waals surface area contributed by atoms with Gasteiger partial charge in [-0.05, 0) is 5.92 Å². The van der Waals surface area contributed by atoms with E-state index in [-0.39, 0.29) is 8.80 Å². The first-order valence-electron chi connectivity index (χ1n) is 3.22. The molecule has 0 nitrogen and oxygen atoms in total. The average Bonchev–Trinajstić information content (AvgIpc) is 1.65. The monoisotopic (exact) mass is 150 g/mol. The molecule has 1 atom stereocenters. The summed E-state index contributed by atoms with van der Waals surface area (Å²) in [5.41, 5.74) is 0. The van der Waals surface area contributed by atoms with Gasteiger partial charge in [-0.2, -0.15) is 0 Å². The van der Waals surface area contributed by atoms with E-state index in [1.54, 1.807) is 0 Å². The largest absolute Gasteiger partial charge is 0.126 e. The SMILES string of the molecule is CC(CCl)C[SiH](C)C. The minimum Gasteiger partial charge on any atom is -0.126 e. The van der Waals surface area contributed by atoms with Gasteiger partial charge < -0.3 is 0 Å². The Morgan fingerprint density at radius 2 is 2.00 bits per heavy atom. The number of alkyl halides is 1. The van der Waals surface area contributed by atoms with E-state index in [0.717, 1.165) is 11.8 Å². The smallest absolute Gasteiger partial charge is 0.0308 e. The normalized spacial score (nSPS) is 14.6. The Kier molecular flexibility index (Phi) is 4.67. The molecular formula is C6H15ClSi. The van der Waals surface area contributed by atoms with Gasteiger partial charge in [-0.3, -0.25) is 0 Å². The van der Waals surface area contributed by atoms with Crippen molar-refractivity contribution in [1.29, 1.82) is 0 Å². The molecule has 0 spiro atoms. The third kappa shape index (κ3) is 4.66. The standard InChI is InChI=1S/C6H15ClSi/c1-6(4-7)5-8(2)3/h6,8H,4-5H2,1-3H3. The Hall–Kier alpha value is 0.507. The molecule has 0 fully saturated rings. The fourth-order valence-electron chi connectivity index (χ4n) is 0.868. The minimum absolute atomic E-state index is 0.330. The molecule has 0 aliphatic carbocycles. The lowest BCUT2D eigenvalue weighted by molar-refractivity contribution is 0.735. The maximum atomic E-state index is 5.62. The molecule has 0 aromatic heterocycles. The highest BCUT2D eigenvalue weighted by Gasteiger charge is 2.02. The average molecular weight is 151 g/mol. The maximum Gasteiger partial charge on any atom is 0.0308 e. The van der Waals surface area contributed by atoms with Gasteiger partial charge >= 0.3 is 0 Å². The van der Waals surface area contributed by atoms with Gasteiger partial charge in [0.2, 0.25) is 0 Å². The summed E-state index contributed by atoms with van der Waals surface area (Å²) in [6, 6.07) is 1.39. The zero-order valence-corrected chi connectivity index (χ0v) is 7.86. The van der Waals surface area contributed by atoms with Crippen molar-refractivity contribution < 1.29 is 0 Å². The van der Waals surface area contributed by atoms with Crippen LogP contribution in [0.1, 0.15) is 6.92 Å². The molecule has 0 radical (unpaired) electrons. The fourth-order valence-corrected chi connectivity index (χ4v) is 2.98. The van der Waals surface area contributed by atoms with Crippen LogP contribution in [-0.2, 0) is 0 Å². The van der Waals surface area contributed by atoms with Gasteiger partial charge in [-0.15, -0.1) is 11.6 Å². The van der Waals surface area contributed by atoms with Crippen LogP contribution in [-0.4, -0.2) is 14.7 Å². The van der Waals surface area contributed by atoms with Crippen molar-refractivity contribution in [3.63, 3.8) is 0 Å². The first-order valence-corrected chi connectivity index (χ1v) is 6.88. The lowest BCUT2D eigenvalue weighted by Crippen LogP contribution is -2.07. The van der Waals surface area contributed by atoms with E-state index >= 15 is 0 Å². The van der Waals surface area contributed by atoms with E-state index in [1.165, 1.54) is 6.04 Å². The number of hydrogen-bond donors (Lipinski definition) is 0. The predicted molar refractivity (Wildman–Crippen MR) is 43.6 cm³/mol. The second-order valence-corrected chi connectivity index (χ2v) is 6.46. The van der Waals surface area contributed by atoms with E-state index in [0.29, 0.717) is 0 Å². The number of rotatable bonds is 3. The van der Waals surface area contributed by atoms with Gasteiger partial charge in [0.1, 0.15) is 0 Å². The minimum atomic E-state index is -0.330.